The Labute approximate surface area is 120 Å². The molecule has 0 aromatic heterocycles. The van der Waals surface area contributed by atoms with Crippen molar-refractivity contribution in [3.8, 4) is 0 Å². The molecule has 0 bridgehead atoms. The summed E-state index contributed by atoms with van der Waals surface area (Å²) in [7, 11) is -7.35. The smallest absolute Gasteiger partial charge is 0.781 e. The molecule has 7 nitrogen and oxygen atoms in total. The van der Waals surface area contributed by atoms with Crippen molar-refractivity contribution in [2.45, 2.75) is 12.9 Å². The molecule has 0 aromatic rings. The summed E-state index contributed by atoms with van der Waals surface area (Å²) in [4.78, 5) is 19.6. The van der Waals surface area contributed by atoms with Crippen LogP contribution in [0.1, 0.15) is 6.92 Å². The van der Waals surface area contributed by atoms with Crippen LogP contribution in [0.25, 0.3) is 0 Å². The van der Waals surface area contributed by atoms with Gasteiger partial charge >= 0.3 is 59.1 Å². The van der Waals surface area contributed by atoms with E-state index < -0.39 is 22.5 Å². The van der Waals surface area contributed by atoms with Gasteiger partial charge in [-0.2, -0.15) is 0 Å². The summed E-state index contributed by atoms with van der Waals surface area (Å²) in [6.45, 7) is 0.744. The molecular weight excluding hydrogens is 244 g/mol. The van der Waals surface area contributed by atoms with E-state index >= 15 is 0 Å². The van der Waals surface area contributed by atoms with Crippen LogP contribution in [0.3, 0.4) is 0 Å². The van der Waals surface area contributed by atoms with Gasteiger partial charge in [-0.15, -0.1) is 0 Å². The van der Waals surface area contributed by atoms with Crippen molar-refractivity contribution in [1.82, 2.24) is 0 Å². The Kier molecular flexibility index (Phi) is 15.1. The molecule has 2 unspecified atom stereocenters. The van der Waals surface area contributed by atoms with Crippen molar-refractivity contribution in [1.29, 1.82) is 0 Å². The molecule has 0 aliphatic rings. The first-order chi connectivity index (χ1) is 4.83. The normalized spacial score (nSPS) is 18.8. The molecule has 0 amide bonds. The van der Waals surface area contributed by atoms with Crippen LogP contribution in [0.2, 0.25) is 0 Å². The molecule has 0 spiro atoms. The standard InChI is InChI=1S/C2H8O7P2.2Na/c1-2(3,8-10(4)5)9-11(6)7;;/h3,10-11H,1H3,(H,4,5)(H,6,7);;/q;2*+1/p-2. The summed E-state index contributed by atoms with van der Waals surface area (Å²) >= 11 is 0. The fourth-order valence-corrected chi connectivity index (χ4v) is 1.12. The topological polar surface area (TPSA) is 119 Å². The van der Waals surface area contributed by atoms with E-state index in [-0.39, 0.29) is 59.1 Å². The number of aliphatic hydroxyl groups is 1. The van der Waals surface area contributed by atoms with E-state index in [1.807, 2.05) is 0 Å². The minimum Gasteiger partial charge on any atom is -0.781 e. The van der Waals surface area contributed by atoms with E-state index in [2.05, 4.69) is 9.05 Å². The van der Waals surface area contributed by atoms with Crippen molar-refractivity contribution in [3.63, 3.8) is 0 Å². The monoisotopic (exact) mass is 250 g/mol. The van der Waals surface area contributed by atoms with Gasteiger partial charge in [0.1, 0.15) is 16.5 Å². The van der Waals surface area contributed by atoms with Gasteiger partial charge in [0.05, 0.1) is 0 Å². The SMILES string of the molecule is CC(O)(O[PH](=O)[O-])O[PH](=O)[O-].[Na+].[Na+]. The minimum absolute atomic E-state index is 0. The predicted molar refractivity (Wildman–Crippen MR) is 30.8 cm³/mol. The largest absolute Gasteiger partial charge is 1.00 e. The molecule has 0 heterocycles. The van der Waals surface area contributed by atoms with Gasteiger partial charge in [0, 0.05) is 6.92 Å². The summed E-state index contributed by atoms with van der Waals surface area (Å²) in [5.74, 6) is -2.62. The Morgan fingerprint density at radius 3 is 1.54 bits per heavy atom. The van der Waals surface area contributed by atoms with Crippen LogP contribution < -0.4 is 68.9 Å². The fraction of sp³-hybridized carbons (Fsp3) is 1.00. The average Bonchev–Trinajstić information content (AvgIpc) is 1.53. The van der Waals surface area contributed by atoms with Gasteiger partial charge in [0.25, 0.3) is 5.97 Å². The Hall–Kier alpha value is 2.26. The third-order valence-electron chi connectivity index (χ3n) is 0.545. The summed E-state index contributed by atoms with van der Waals surface area (Å²) in [6, 6.07) is 0. The molecule has 0 saturated heterocycles. The van der Waals surface area contributed by atoms with E-state index in [1.54, 1.807) is 0 Å². The Balaban J connectivity index is -0.000000500. The van der Waals surface area contributed by atoms with Gasteiger partial charge in [-0.1, -0.05) is 0 Å². The summed E-state index contributed by atoms with van der Waals surface area (Å²) in [5, 5.41) is 8.66. The van der Waals surface area contributed by atoms with Crippen LogP contribution in [-0.4, -0.2) is 11.1 Å². The molecule has 1 N–H and O–H groups in total. The van der Waals surface area contributed by atoms with E-state index in [0.717, 1.165) is 6.92 Å². The Morgan fingerprint density at radius 1 is 1.15 bits per heavy atom. The van der Waals surface area contributed by atoms with Gasteiger partial charge in [-0.25, -0.2) is 0 Å². The van der Waals surface area contributed by atoms with Crippen LogP contribution in [0.5, 0.6) is 0 Å². The first-order valence-electron chi connectivity index (χ1n) is 2.36. The fourth-order valence-electron chi connectivity index (χ4n) is 0.330. The number of hydrogen-bond donors (Lipinski definition) is 1. The third kappa shape index (κ3) is 14.3. The van der Waals surface area contributed by atoms with Gasteiger partial charge in [-0.05, 0) is 0 Å². The summed E-state index contributed by atoms with van der Waals surface area (Å²) in [5.41, 5.74) is 0. The first-order valence-corrected chi connectivity index (χ1v) is 4.81. The second-order valence-electron chi connectivity index (χ2n) is 1.60. The van der Waals surface area contributed by atoms with Crippen molar-refractivity contribution in [2.24, 2.45) is 0 Å². The van der Waals surface area contributed by atoms with Crippen LogP contribution in [0.15, 0.2) is 0 Å². The van der Waals surface area contributed by atoms with Crippen molar-refractivity contribution >= 4 is 16.5 Å². The van der Waals surface area contributed by atoms with Crippen molar-refractivity contribution < 1.29 is 92.2 Å². The van der Waals surface area contributed by atoms with E-state index in [1.165, 1.54) is 0 Å². The molecule has 0 saturated carbocycles. The molecule has 0 aliphatic heterocycles. The molecule has 11 heteroatoms. The first kappa shape index (κ1) is 20.6. The second kappa shape index (κ2) is 9.48. The average molecular weight is 250 g/mol. The second-order valence-corrected chi connectivity index (χ2v) is 3.01. The molecule has 68 valence electrons. The van der Waals surface area contributed by atoms with Gasteiger partial charge in [-0.3, -0.25) is 9.05 Å². The van der Waals surface area contributed by atoms with Gasteiger partial charge in [0.2, 0.25) is 0 Å². The minimum atomic E-state index is -3.67. The van der Waals surface area contributed by atoms with Gasteiger partial charge in [0.15, 0.2) is 0 Å². The Bertz CT molecular complexity index is 165. The van der Waals surface area contributed by atoms with Crippen LogP contribution in [-0.2, 0) is 18.2 Å². The zero-order valence-electron chi connectivity index (χ0n) is 7.40. The molecule has 2 atom stereocenters. The quantitative estimate of drug-likeness (QED) is 0.299. The number of rotatable bonds is 4. The van der Waals surface area contributed by atoms with Crippen molar-refractivity contribution in [3.05, 3.63) is 0 Å². The molecule has 0 rings (SSSR count). The maximum absolute atomic E-state index is 9.82. The maximum Gasteiger partial charge on any atom is 1.00 e. The van der Waals surface area contributed by atoms with Crippen molar-refractivity contribution in [2.75, 3.05) is 0 Å². The van der Waals surface area contributed by atoms with Gasteiger partial charge < -0.3 is 24.0 Å². The van der Waals surface area contributed by atoms with E-state index in [4.69, 9.17) is 5.11 Å². The molecular formula is C2H6Na2O7P2. The zero-order valence-corrected chi connectivity index (χ0v) is 13.4. The molecule has 0 aromatic carbocycles. The van der Waals surface area contributed by atoms with Crippen LogP contribution >= 0.6 is 16.5 Å². The summed E-state index contributed by atoms with van der Waals surface area (Å²) in [6.07, 6.45) is 0. The van der Waals surface area contributed by atoms with E-state index in [9.17, 15) is 18.9 Å². The van der Waals surface area contributed by atoms with Crippen LogP contribution in [0.4, 0.5) is 0 Å². The van der Waals surface area contributed by atoms with E-state index in [0.29, 0.717) is 0 Å². The number of hydrogen-bond acceptors (Lipinski definition) is 7. The zero-order chi connectivity index (χ0) is 9.07. The molecule has 0 radical (unpaired) electrons. The Morgan fingerprint density at radius 2 is 1.38 bits per heavy atom. The molecule has 13 heavy (non-hydrogen) atoms. The van der Waals surface area contributed by atoms with Crippen LogP contribution in [0, 0.1) is 0 Å². The summed E-state index contributed by atoms with van der Waals surface area (Å²) < 4.78 is 27.0. The third-order valence-corrected chi connectivity index (χ3v) is 1.64. The predicted octanol–water partition coefficient (Wildman–Crippen LogP) is -7.81. The molecule has 0 aliphatic carbocycles. The maximum atomic E-state index is 9.82. The molecule has 0 fully saturated rings.